The molecular formula is C22H30O4. The fourth-order valence-corrected chi connectivity index (χ4v) is 6.99. The molecule has 3 saturated carbocycles. The Balaban J connectivity index is 1.66. The van der Waals surface area contributed by atoms with Gasteiger partial charge in [-0.05, 0) is 61.3 Å². The van der Waals surface area contributed by atoms with E-state index in [4.69, 9.17) is 4.74 Å². The number of hydrogen-bond donors (Lipinski definition) is 0. The Morgan fingerprint density at radius 3 is 2.65 bits per heavy atom. The topological polar surface area (TPSA) is 60.4 Å². The largest absolute Gasteiger partial charge is 0.466 e. The summed E-state index contributed by atoms with van der Waals surface area (Å²) in [5, 5.41) is 0. The maximum atomic E-state index is 12.9. The van der Waals surface area contributed by atoms with Crippen LogP contribution in [-0.2, 0) is 19.1 Å². The SMILES string of the molecule is CC(=O)OCC1CC(=O)[C@@]2(C)CC[C@@H]3[C@@H](CCC4=CC(=O)CC[C@@]43C)[C@H]12. The molecule has 1 unspecified atom stereocenters. The van der Waals surface area contributed by atoms with Crippen molar-refractivity contribution in [3.05, 3.63) is 11.6 Å². The highest BCUT2D eigenvalue weighted by Gasteiger charge is 2.62. The molecule has 0 spiro atoms. The number of ketones is 2. The molecule has 4 heteroatoms. The number of carbonyl (C=O) groups excluding carboxylic acids is 3. The van der Waals surface area contributed by atoms with Crippen molar-refractivity contribution in [1.29, 1.82) is 0 Å². The van der Waals surface area contributed by atoms with Crippen LogP contribution in [0.15, 0.2) is 11.6 Å². The van der Waals surface area contributed by atoms with Gasteiger partial charge in [0.2, 0.25) is 0 Å². The quantitative estimate of drug-likeness (QED) is 0.703. The third-order valence-corrected chi connectivity index (χ3v) is 8.31. The number of esters is 1. The van der Waals surface area contributed by atoms with Gasteiger partial charge in [0.05, 0.1) is 6.61 Å². The lowest BCUT2D eigenvalue weighted by molar-refractivity contribution is -0.144. The molecule has 0 heterocycles. The van der Waals surface area contributed by atoms with Crippen LogP contribution in [0.25, 0.3) is 0 Å². The van der Waals surface area contributed by atoms with Crippen molar-refractivity contribution in [3.63, 3.8) is 0 Å². The van der Waals surface area contributed by atoms with Crippen molar-refractivity contribution in [1.82, 2.24) is 0 Å². The van der Waals surface area contributed by atoms with Gasteiger partial charge in [-0.1, -0.05) is 19.4 Å². The third kappa shape index (κ3) is 2.51. The molecule has 3 fully saturated rings. The first kappa shape index (κ1) is 17.9. The van der Waals surface area contributed by atoms with Crippen LogP contribution in [0.5, 0.6) is 0 Å². The fraction of sp³-hybridized carbons (Fsp3) is 0.773. The summed E-state index contributed by atoms with van der Waals surface area (Å²) in [5.74, 6) is 1.89. The Hall–Kier alpha value is -1.45. The zero-order valence-electron chi connectivity index (χ0n) is 16.2. The summed E-state index contributed by atoms with van der Waals surface area (Å²) in [5.41, 5.74) is 1.20. The van der Waals surface area contributed by atoms with Crippen molar-refractivity contribution in [3.8, 4) is 0 Å². The van der Waals surface area contributed by atoms with Crippen molar-refractivity contribution in [2.24, 2.45) is 34.5 Å². The summed E-state index contributed by atoms with van der Waals surface area (Å²) in [6.07, 6.45) is 8.12. The van der Waals surface area contributed by atoms with E-state index >= 15 is 0 Å². The number of carbonyl (C=O) groups is 3. The van der Waals surface area contributed by atoms with E-state index < -0.39 is 0 Å². The molecule has 4 aliphatic carbocycles. The van der Waals surface area contributed by atoms with Gasteiger partial charge in [-0.2, -0.15) is 0 Å². The standard InChI is InChI=1S/C22H30O4/c1-13(23)26-12-14-10-19(25)22(3)9-7-18-17(20(14)22)5-4-15-11-16(24)6-8-21(15,18)2/h11,14,17-18,20H,4-10,12H2,1-3H3/t14?,17-,18-,20+,21+,22-/m1/s1. The normalized spacial score (nSPS) is 44.7. The second-order valence-corrected chi connectivity index (χ2v) is 9.53. The highest BCUT2D eigenvalue weighted by Crippen LogP contribution is 2.65. The van der Waals surface area contributed by atoms with Gasteiger partial charge in [0.25, 0.3) is 0 Å². The molecular weight excluding hydrogens is 328 g/mol. The molecule has 4 aliphatic rings. The monoisotopic (exact) mass is 358 g/mol. The van der Waals surface area contributed by atoms with E-state index in [1.807, 2.05) is 6.08 Å². The van der Waals surface area contributed by atoms with E-state index in [9.17, 15) is 14.4 Å². The van der Waals surface area contributed by atoms with Crippen LogP contribution >= 0.6 is 0 Å². The summed E-state index contributed by atoms with van der Waals surface area (Å²) < 4.78 is 5.35. The molecule has 0 N–H and O–H groups in total. The van der Waals surface area contributed by atoms with Gasteiger partial charge in [0, 0.05) is 31.1 Å². The highest BCUT2D eigenvalue weighted by molar-refractivity contribution is 5.91. The van der Waals surface area contributed by atoms with Crippen molar-refractivity contribution in [2.75, 3.05) is 6.61 Å². The lowest BCUT2D eigenvalue weighted by atomic mass is 9.47. The molecule has 142 valence electrons. The van der Waals surface area contributed by atoms with Gasteiger partial charge in [-0.15, -0.1) is 0 Å². The molecule has 0 amide bonds. The van der Waals surface area contributed by atoms with Crippen molar-refractivity contribution >= 4 is 17.5 Å². The van der Waals surface area contributed by atoms with E-state index in [-0.39, 0.29) is 28.5 Å². The van der Waals surface area contributed by atoms with Crippen LogP contribution < -0.4 is 0 Å². The van der Waals surface area contributed by atoms with Gasteiger partial charge in [-0.25, -0.2) is 0 Å². The second-order valence-electron chi connectivity index (χ2n) is 9.53. The van der Waals surface area contributed by atoms with Crippen molar-refractivity contribution in [2.45, 2.75) is 65.7 Å². The number of rotatable bonds is 2. The van der Waals surface area contributed by atoms with Gasteiger partial charge in [0.1, 0.15) is 5.78 Å². The predicted octanol–water partition coefficient (Wildman–Crippen LogP) is 3.88. The van der Waals surface area contributed by atoms with E-state index in [0.717, 1.165) is 32.1 Å². The van der Waals surface area contributed by atoms with E-state index in [2.05, 4.69) is 13.8 Å². The Labute approximate surface area is 155 Å². The van der Waals surface area contributed by atoms with Crippen LogP contribution in [0, 0.1) is 34.5 Å². The lowest BCUT2D eigenvalue weighted by Crippen LogP contribution is -2.52. The van der Waals surface area contributed by atoms with Gasteiger partial charge >= 0.3 is 5.97 Å². The molecule has 0 aromatic rings. The summed E-state index contributed by atoms with van der Waals surface area (Å²) in [6, 6.07) is 0. The first-order valence-corrected chi connectivity index (χ1v) is 10.2. The molecule has 0 radical (unpaired) electrons. The van der Waals surface area contributed by atoms with Crippen LogP contribution in [0.4, 0.5) is 0 Å². The Morgan fingerprint density at radius 1 is 1.15 bits per heavy atom. The minimum absolute atomic E-state index is 0.107. The van der Waals surface area contributed by atoms with Crippen LogP contribution in [0.2, 0.25) is 0 Å². The van der Waals surface area contributed by atoms with Gasteiger partial charge in [-0.3, -0.25) is 14.4 Å². The zero-order valence-corrected chi connectivity index (χ0v) is 16.2. The van der Waals surface area contributed by atoms with E-state index in [0.29, 0.717) is 43.0 Å². The van der Waals surface area contributed by atoms with Crippen LogP contribution in [0.1, 0.15) is 65.7 Å². The minimum atomic E-state index is -0.259. The summed E-state index contributed by atoms with van der Waals surface area (Å²) in [6.45, 7) is 6.32. The van der Waals surface area contributed by atoms with E-state index in [1.54, 1.807) is 0 Å². The van der Waals surface area contributed by atoms with Gasteiger partial charge < -0.3 is 4.74 Å². The number of fused-ring (bicyclic) bond motifs is 5. The highest BCUT2D eigenvalue weighted by atomic mass is 16.5. The maximum Gasteiger partial charge on any atom is 0.302 e. The minimum Gasteiger partial charge on any atom is -0.466 e. The number of ether oxygens (including phenoxy) is 1. The molecule has 26 heavy (non-hydrogen) atoms. The predicted molar refractivity (Wildman–Crippen MR) is 97.2 cm³/mol. The molecule has 0 bridgehead atoms. The average molecular weight is 358 g/mol. The number of hydrogen-bond acceptors (Lipinski definition) is 4. The third-order valence-electron chi connectivity index (χ3n) is 8.31. The molecule has 0 aromatic heterocycles. The summed E-state index contributed by atoms with van der Waals surface area (Å²) >= 11 is 0. The number of Topliss-reactive ketones (excluding diaryl/α,β-unsaturated/α-hetero) is 1. The second kappa shape index (κ2) is 6.03. The zero-order chi connectivity index (χ0) is 18.7. The van der Waals surface area contributed by atoms with Crippen LogP contribution in [0.3, 0.4) is 0 Å². The molecule has 4 rings (SSSR count). The van der Waals surface area contributed by atoms with Crippen LogP contribution in [-0.4, -0.2) is 24.1 Å². The Bertz CT molecular complexity index is 692. The molecule has 6 atom stereocenters. The lowest BCUT2D eigenvalue weighted by Gasteiger charge is -2.57. The van der Waals surface area contributed by atoms with Crippen molar-refractivity contribution < 1.29 is 19.1 Å². The smallest absolute Gasteiger partial charge is 0.302 e. The Morgan fingerprint density at radius 2 is 1.92 bits per heavy atom. The molecule has 0 saturated heterocycles. The van der Waals surface area contributed by atoms with E-state index in [1.165, 1.54) is 12.5 Å². The fourth-order valence-electron chi connectivity index (χ4n) is 6.99. The maximum absolute atomic E-state index is 12.9. The first-order chi connectivity index (χ1) is 12.3. The number of allylic oxidation sites excluding steroid dienone is 1. The molecule has 0 aromatic carbocycles. The summed E-state index contributed by atoms with van der Waals surface area (Å²) in [7, 11) is 0. The van der Waals surface area contributed by atoms with Gasteiger partial charge in [0.15, 0.2) is 5.78 Å². The molecule has 0 aliphatic heterocycles. The Kier molecular flexibility index (Phi) is 4.16. The average Bonchev–Trinajstić information content (AvgIpc) is 2.84. The first-order valence-electron chi connectivity index (χ1n) is 10.2. The molecule has 4 nitrogen and oxygen atoms in total. The summed E-state index contributed by atoms with van der Waals surface area (Å²) in [4.78, 5) is 36.1.